The summed E-state index contributed by atoms with van der Waals surface area (Å²) in [6, 6.07) is 4.87. The molecule has 0 aromatic heterocycles. The molecule has 0 aliphatic heterocycles. The molecule has 1 aliphatic rings. The molecule has 0 heterocycles. The van der Waals surface area contributed by atoms with Gasteiger partial charge in [-0.25, -0.2) is 12.7 Å². The van der Waals surface area contributed by atoms with Crippen LogP contribution >= 0.6 is 15.9 Å². The normalized spacial score (nSPS) is 16.6. The summed E-state index contributed by atoms with van der Waals surface area (Å²) in [5.74, 6) is 0.413. The number of amides is 1. The van der Waals surface area contributed by atoms with E-state index in [2.05, 4.69) is 15.9 Å². The maximum Gasteiger partial charge on any atom is 0.253 e. The van der Waals surface area contributed by atoms with Crippen LogP contribution in [0.4, 0.5) is 0 Å². The topological polar surface area (TPSA) is 57.7 Å². The first-order valence-electron chi connectivity index (χ1n) is 7.15. The third-order valence-electron chi connectivity index (χ3n) is 4.17. The van der Waals surface area contributed by atoms with Crippen molar-refractivity contribution in [2.24, 2.45) is 5.92 Å². The Balaban J connectivity index is 2.35. The predicted molar refractivity (Wildman–Crippen MR) is 89.3 cm³/mol. The number of halogens is 1. The van der Waals surface area contributed by atoms with Crippen molar-refractivity contribution in [3.63, 3.8) is 0 Å². The third kappa shape index (κ3) is 3.36. The van der Waals surface area contributed by atoms with Crippen LogP contribution in [0.1, 0.15) is 30.1 Å². The van der Waals surface area contributed by atoms with Gasteiger partial charge in [-0.15, -0.1) is 0 Å². The van der Waals surface area contributed by atoms with Crippen LogP contribution in [0.25, 0.3) is 0 Å². The molecule has 7 heteroatoms. The molecule has 0 bridgehead atoms. The standard InChI is InChI=1S/C15H21BrN2O3S/c1-10(11-5-6-11)18(4)15(19)12-7-8-13(16)14(9-12)22(20,21)17(2)3/h7-11H,5-6H2,1-4H3. The number of hydrogen-bond acceptors (Lipinski definition) is 3. The van der Waals surface area contributed by atoms with Crippen LogP contribution in [-0.4, -0.2) is 50.7 Å². The highest BCUT2D eigenvalue weighted by Gasteiger charge is 2.33. The lowest BCUT2D eigenvalue weighted by Gasteiger charge is -2.25. The maximum absolute atomic E-state index is 12.6. The minimum Gasteiger partial charge on any atom is -0.339 e. The summed E-state index contributed by atoms with van der Waals surface area (Å²) in [6.45, 7) is 2.03. The van der Waals surface area contributed by atoms with E-state index in [-0.39, 0.29) is 16.8 Å². The maximum atomic E-state index is 12.6. The largest absolute Gasteiger partial charge is 0.339 e. The second-order valence-electron chi connectivity index (χ2n) is 5.93. The third-order valence-corrected chi connectivity index (χ3v) is 6.98. The van der Waals surface area contributed by atoms with E-state index >= 15 is 0 Å². The Kier molecular flexibility index (Phi) is 4.99. The van der Waals surface area contributed by atoms with Crippen LogP contribution < -0.4 is 0 Å². The molecule has 0 radical (unpaired) electrons. The van der Waals surface area contributed by atoms with Crippen LogP contribution in [0, 0.1) is 5.92 Å². The zero-order valence-corrected chi connectivity index (χ0v) is 15.6. The van der Waals surface area contributed by atoms with Crippen molar-refractivity contribution < 1.29 is 13.2 Å². The first kappa shape index (κ1) is 17.4. The minimum absolute atomic E-state index is 0.107. The second-order valence-corrected chi connectivity index (χ2v) is 8.90. The Morgan fingerprint density at radius 3 is 2.36 bits per heavy atom. The van der Waals surface area contributed by atoms with Crippen molar-refractivity contribution >= 4 is 31.9 Å². The monoisotopic (exact) mass is 388 g/mol. The first-order valence-corrected chi connectivity index (χ1v) is 9.38. The highest BCUT2D eigenvalue weighted by atomic mass is 79.9. The predicted octanol–water partition coefficient (Wildman–Crippen LogP) is 2.57. The van der Waals surface area contributed by atoms with Crippen LogP contribution in [0.2, 0.25) is 0 Å². The number of benzene rings is 1. The summed E-state index contributed by atoms with van der Waals surface area (Å²) in [7, 11) is 1.11. The summed E-state index contributed by atoms with van der Waals surface area (Å²) in [5.41, 5.74) is 0.388. The van der Waals surface area contributed by atoms with E-state index in [1.54, 1.807) is 24.1 Å². The van der Waals surface area contributed by atoms with Gasteiger partial charge in [0.15, 0.2) is 0 Å². The van der Waals surface area contributed by atoms with Gasteiger partial charge in [0, 0.05) is 37.2 Å². The van der Waals surface area contributed by atoms with Crippen LogP contribution in [0.3, 0.4) is 0 Å². The van der Waals surface area contributed by atoms with Gasteiger partial charge in [-0.05, 0) is 59.8 Å². The molecule has 1 saturated carbocycles. The number of rotatable bonds is 5. The molecule has 0 saturated heterocycles. The number of nitrogens with zero attached hydrogens (tertiary/aromatic N) is 2. The highest BCUT2D eigenvalue weighted by Crippen LogP contribution is 2.35. The summed E-state index contributed by atoms with van der Waals surface area (Å²) < 4.78 is 26.2. The van der Waals surface area contributed by atoms with Gasteiger partial charge in [0.05, 0.1) is 4.90 Å². The molecule has 2 rings (SSSR count). The van der Waals surface area contributed by atoms with Crippen LogP contribution in [-0.2, 0) is 10.0 Å². The second kappa shape index (κ2) is 6.29. The molecule has 0 spiro atoms. The van der Waals surface area contributed by atoms with E-state index < -0.39 is 10.0 Å². The van der Waals surface area contributed by atoms with Crippen molar-refractivity contribution in [1.29, 1.82) is 0 Å². The Labute approximate surface area is 140 Å². The number of sulfonamides is 1. The fourth-order valence-corrected chi connectivity index (χ4v) is 4.16. The molecular formula is C15H21BrN2O3S. The van der Waals surface area contributed by atoms with E-state index in [0.29, 0.717) is 16.0 Å². The number of carbonyl (C=O) groups is 1. The van der Waals surface area contributed by atoms with E-state index in [0.717, 1.165) is 17.1 Å². The molecule has 0 N–H and O–H groups in total. The lowest BCUT2D eigenvalue weighted by molar-refractivity contribution is 0.0727. The molecule has 1 aromatic carbocycles. The molecular weight excluding hydrogens is 368 g/mol. The fraction of sp³-hybridized carbons (Fsp3) is 0.533. The molecule has 1 aromatic rings. The molecule has 1 fully saturated rings. The molecule has 1 aliphatic carbocycles. The first-order chi connectivity index (χ1) is 10.2. The van der Waals surface area contributed by atoms with E-state index in [4.69, 9.17) is 0 Å². The van der Waals surface area contributed by atoms with Crippen molar-refractivity contribution in [2.45, 2.75) is 30.7 Å². The van der Waals surface area contributed by atoms with Gasteiger partial charge < -0.3 is 4.90 Å². The average molecular weight is 389 g/mol. The van der Waals surface area contributed by atoms with Gasteiger partial charge >= 0.3 is 0 Å². The molecule has 5 nitrogen and oxygen atoms in total. The van der Waals surface area contributed by atoms with E-state index in [9.17, 15) is 13.2 Å². The Morgan fingerprint density at radius 1 is 1.27 bits per heavy atom. The van der Waals surface area contributed by atoms with Crippen LogP contribution in [0.5, 0.6) is 0 Å². The Bertz CT molecular complexity index is 684. The molecule has 1 amide bonds. The average Bonchev–Trinajstić information content (AvgIpc) is 3.29. The molecule has 122 valence electrons. The smallest absolute Gasteiger partial charge is 0.253 e. The summed E-state index contributed by atoms with van der Waals surface area (Å²) in [6.07, 6.45) is 2.30. The van der Waals surface area contributed by atoms with Gasteiger partial charge in [0.25, 0.3) is 5.91 Å². The zero-order valence-electron chi connectivity index (χ0n) is 13.2. The number of carbonyl (C=O) groups excluding carboxylic acids is 1. The molecule has 22 heavy (non-hydrogen) atoms. The summed E-state index contributed by atoms with van der Waals surface area (Å²) >= 11 is 3.25. The van der Waals surface area contributed by atoms with Gasteiger partial charge in [-0.1, -0.05) is 0 Å². The van der Waals surface area contributed by atoms with Crippen molar-refractivity contribution in [1.82, 2.24) is 9.21 Å². The Morgan fingerprint density at radius 2 is 1.86 bits per heavy atom. The van der Waals surface area contributed by atoms with E-state index in [1.807, 2.05) is 6.92 Å². The van der Waals surface area contributed by atoms with Crippen LogP contribution in [0.15, 0.2) is 27.6 Å². The van der Waals surface area contributed by atoms with Gasteiger partial charge in [0.1, 0.15) is 0 Å². The van der Waals surface area contributed by atoms with Crippen molar-refractivity contribution in [3.05, 3.63) is 28.2 Å². The van der Waals surface area contributed by atoms with Gasteiger partial charge in [-0.2, -0.15) is 0 Å². The zero-order chi connectivity index (χ0) is 16.7. The molecule has 1 unspecified atom stereocenters. The molecule has 1 atom stereocenters. The van der Waals surface area contributed by atoms with Gasteiger partial charge in [0.2, 0.25) is 10.0 Å². The SMILES string of the molecule is CC(C1CC1)N(C)C(=O)c1ccc(Br)c(S(=O)(=O)N(C)C)c1. The number of hydrogen-bond donors (Lipinski definition) is 0. The van der Waals surface area contributed by atoms with E-state index in [1.165, 1.54) is 20.2 Å². The summed E-state index contributed by atoms with van der Waals surface area (Å²) in [4.78, 5) is 14.4. The summed E-state index contributed by atoms with van der Waals surface area (Å²) in [5, 5.41) is 0. The quantitative estimate of drug-likeness (QED) is 0.778. The van der Waals surface area contributed by atoms with Crippen molar-refractivity contribution in [3.8, 4) is 0 Å². The van der Waals surface area contributed by atoms with Crippen molar-refractivity contribution in [2.75, 3.05) is 21.1 Å². The lowest BCUT2D eigenvalue weighted by Crippen LogP contribution is -2.36. The van der Waals surface area contributed by atoms with Gasteiger partial charge in [-0.3, -0.25) is 4.79 Å². The fourth-order valence-electron chi connectivity index (χ4n) is 2.31. The highest BCUT2D eigenvalue weighted by molar-refractivity contribution is 9.10. The lowest BCUT2D eigenvalue weighted by atomic mass is 10.1. The Hall–Kier alpha value is -0.920. The minimum atomic E-state index is -3.60.